The van der Waals surface area contributed by atoms with Gasteiger partial charge in [-0.15, -0.1) is 0 Å². The Morgan fingerprint density at radius 1 is 1.03 bits per heavy atom. The number of halogens is 2. The third-order valence-electron chi connectivity index (χ3n) is 4.95. The molecule has 1 aromatic heterocycles. The Bertz CT molecular complexity index is 1140. The number of likely N-dealkylation sites (N-methyl/N-ethyl adjacent to an activating group) is 1. The molecule has 2 aromatic carbocycles. The van der Waals surface area contributed by atoms with Gasteiger partial charge in [0, 0.05) is 24.2 Å². The molecular formula is C23H18F2N4. The van der Waals surface area contributed by atoms with Crippen LogP contribution in [-0.2, 0) is 6.54 Å². The number of aromatic nitrogens is 1. The van der Waals surface area contributed by atoms with Crippen molar-refractivity contribution in [2.75, 3.05) is 19.3 Å². The van der Waals surface area contributed by atoms with Gasteiger partial charge in [0.15, 0.2) is 0 Å². The third-order valence-corrected chi connectivity index (χ3v) is 4.95. The van der Waals surface area contributed by atoms with E-state index in [0.717, 1.165) is 16.7 Å². The summed E-state index contributed by atoms with van der Waals surface area (Å²) in [6.45, 7) is 1.20. The van der Waals surface area contributed by atoms with Gasteiger partial charge in [-0.25, -0.2) is 13.8 Å². The summed E-state index contributed by atoms with van der Waals surface area (Å²) in [5.74, 6) is -0.509. The molecule has 0 atom stereocenters. The summed E-state index contributed by atoms with van der Waals surface area (Å²) in [6.07, 6.45) is 1.95. The van der Waals surface area contributed by atoms with Crippen molar-refractivity contribution in [3.05, 3.63) is 82.5 Å². The molecule has 0 fully saturated rings. The fourth-order valence-corrected chi connectivity index (χ4v) is 3.67. The highest BCUT2D eigenvalue weighted by Gasteiger charge is 2.26. The Hall–Kier alpha value is -3.56. The van der Waals surface area contributed by atoms with Gasteiger partial charge in [-0.2, -0.15) is 5.26 Å². The van der Waals surface area contributed by atoms with E-state index in [9.17, 15) is 14.0 Å². The quantitative estimate of drug-likeness (QED) is 0.704. The molecule has 0 amide bonds. The molecule has 0 spiro atoms. The van der Waals surface area contributed by atoms with Crippen molar-refractivity contribution in [2.45, 2.75) is 6.54 Å². The summed E-state index contributed by atoms with van der Waals surface area (Å²) in [7, 11) is 1.97. The van der Waals surface area contributed by atoms with E-state index < -0.39 is 0 Å². The molecule has 0 unspecified atom stereocenters. The van der Waals surface area contributed by atoms with Crippen LogP contribution < -0.4 is 5.73 Å². The Labute approximate surface area is 167 Å². The Kier molecular flexibility index (Phi) is 4.83. The first-order chi connectivity index (χ1) is 14.0. The first kappa shape index (κ1) is 18.8. The lowest BCUT2D eigenvalue weighted by molar-refractivity contribution is 0.358. The van der Waals surface area contributed by atoms with Crippen LogP contribution in [0.15, 0.2) is 48.5 Å². The molecule has 0 radical (unpaired) electrons. The summed E-state index contributed by atoms with van der Waals surface area (Å²) in [4.78, 5) is 6.63. The van der Waals surface area contributed by atoms with Crippen molar-refractivity contribution in [3.8, 4) is 17.2 Å². The number of hydrogen-bond acceptors (Lipinski definition) is 4. The Morgan fingerprint density at radius 2 is 1.66 bits per heavy atom. The number of pyridine rings is 1. The number of fused-ring (bicyclic) bond motifs is 1. The highest BCUT2D eigenvalue weighted by molar-refractivity contribution is 5.89. The summed E-state index contributed by atoms with van der Waals surface area (Å²) in [6, 6.07) is 14.4. The minimum atomic E-state index is -0.350. The highest BCUT2D eigenvalue weighted by Crippen LogP contribution is 2.38. The average Bonchev–Trinajstić information content (AvgIpc) is 2.70. The third kappa shape index (κ3) is 3.60. The van der Waals surface area contributed by atoms with Gasteiger partial charge in [0.05, 0.1) is 5.69 Å². The second-order valence-corrected chi connectivity index (χ2v) is 7.09. The van der Waals surface area contributed by atoms with Gasteiger partial charge in [-0.3, -0.25) is 4.90 Å². The van der Waals surface area contributed by atoms with E-state index in [2.05, 4.69) is 16.0 Å². The molecule has 29 heavy (non-hydrogen) atoms. The smallest absolute Gasteiger partial charge is 0.142 e. The summed E-state index contributed by atoms with van der Waals surface area (Å²) in [5, 5.41) is 9.70. The molecule has 4 nitrogen and oxygen atoms in total. The predicted molar refractivity (Wildman–Crippen MR) is 109 cm³/mol. The number of benzene rings is 2. The molecule has 2 heterocycles. The van der Waals surface area contributed by atoms with E-state index in [0.29, 0.717) is 29.9 Å². The van der Waals surface area contributed by atoms with E-state index in [-0.39, 0.29) is 23.0 Å². The number of nitrogen functional groups attached to an aromatic ring is 1. The number of anilines is 1. The first-order valence-electron chi connectivity index (χ1n) is 9.09. The Morgan fingerprint density at radius 3 is 2.28 bits per heavy atom. The van der Waals surface area contributed by atoms with Crippen molar-refractivity contribution in [1.29, 1.82) is 5.26 Å². The standard InChI is InChI=1S/C23H18F2N4/c1-29-12-16(10-14-2-6-17(24)7-3-14)22-20(13-29)21(19(11-26)23(27)28-22)15-4-8-18(25)9-5-15/h2-10H,12-13H2,1H3,(H2,27,28)/b16-10-. The van der Waals surface area contributed by atoms with Crippen LogP contribution in [0.1, 0.15) is 22.4 Å². The molecule has 3 aromatic rings. The van der Waals surface area contributed by atoms with Crippen molar-refractivity contribution in [2.24, 2.45) is 0 Å². The number of nitrogens with two attached hydrogens (primary N) is 1. The maximum Gasteiger partial charge on any atom is 0.142 e. The van der Waals surface area contributed by atoms with E-state index in [1.807, 2.05) is 13.1 Å². The zero-order chi connectivity index (χ0) is 20.5. The lowest BCUT2D eigenvalue weighted by Gasteiger charge is -2.29. The summed E-state index contributed by atoms with van der Waals surface area (Å²) < 4.78 is 26.7. The second-order valence-electron chi connectivity index (χ2n) is 7.09. The maximum atomic E-state index is 13.5. The van der Waals surface area contributed by atoms with Gasteiger partial charge in [0.2, 0.25) is 0 Å². The molecule has 4 rings (SSSR count). The Balaban J connectivity index is 1.95. The minimum Gasteiger partial charge on any atom is -0.383 e. The van der Waals surface area contributed by atoms with Gasteiger partial charge in [-0.05, 0) is 54.1 Å². The topological polar surface area (TPSA) is 65.9 Å². The zero-order valence-electron chi connectivity index (χ0n) is 15.8. The minimum absolute atomic E-state index is 0.139. The molecule has 0 bridgehead atoms. The van der Waals surface area contributed by atoms with Crippen LogP contribution in [0.5, 0.6) is 0 Å². The van der Waals surface area contributed by atoms with E-state index in [1.54, 1.807) is 24.3 Å². The first-order valence-corrected chi connectivity index (χ1v) is 9.09. The highest BCUT2D eigenvalue weighted by atomic mass is 19.1. The van der Waals surface area contributed by atoms with Gasteiger partial charge >= 0.3 is 0 Å². The molecule has 1 aliphatic heterocycles. The van der Waals surface area contributed by atoms with Crippen molar-refractivity contribution < 1.29 is 8.78 Å². The van der Waals surface area contributed by atoms with E-state index in [1.165, 1.54) is 24.3 Å². The average molecular weight is 388 g/mol. The number of hydrogen-bond donors (Lipinski definition) is 1. The molecule has 2 N–H and O–H groups in total. The molecular weight excluding hydrogens is 370 g/mol. The lowest BCUT2D eigenvalue weighted by atomic mass is 9.89. The van der Waals surface area contributed by atoms with Crippen LogP contribution in [0.4, 0.5) is 14.6 Å². The normalized spacial score (nSPS) is 15.2. The zero-order valence-corrected chi connectivity index (χ0v) is 15.8. The number of nitrogens with zero attached hydrogens (tertiary/aromatic N) is 3. The fourth-order valence-electron chi connectivity index (χ4n) is 3.67. The van der Waals surface area contributed by atoms with Crippen LogP contribution >= 0.6 is 0 Å². The van der Waals surface area contributed by atoms with E-state index >= 15 is 0 Å². The molecule has 0 saturated heterocycles. The van der Waals surface area contributed by atoms with Crippen LogP contribution in [0.3, 0.4) is 0 Å². The van der Waals surface area contributed by atoms with Crippen molar-refractivity contribution in [3.63, 3.8) is 0 Å². The molecule has 1 aliphatic rings. The summed E-state index contributed by atoms with van der Waals surface area (Å²) >= 11 is 0. The molecule has 6 heteroatoms. The lowest BCUT2D eigenvalue weighted by Crippen LogP contribution is -2.28. The maximum absolute atomic E-state index is 13.5. The van der Waals surface area contributed by atoms with Crippen LogP contribution in [0.2, 0.25) is 0 Å². The monoisotopic (exact) mass is 388 g/mol. The number of nitriles is 1. The van der Waals surface area contributed by atoms with Crippen LogP contribution in [-0.4, -0.2) is 23.5 Å². The largest absolute Gasteiger partial charge is 0.383 e. The van der Waals surface area contributed by atoms with Gasteiger partial charge < -0.3 is 5.73 Å². The second kappa shape index (κ2) is 7.46. The molecule has 0 saturated carbocycles. The molecule has 144 valence electrons. The van der Waals surface area contributed by atoms with Crippen LogP contribution in [0.25, 0.3) is 22.8 Å². The van der Waals surface area contributed by atoms with Crippen LogP contribution in [0, 0.1) is 23.0 Å². The van der Waals surface area contributed by atoms with Gasteiger partial charge in [0.25, 0.3) is 0 Å². The predicted octanol–water partition coefficient (Wildman–Crippen LogP) is 4.47. The van der Waals surface area contributed by atoms with Gasteiger partial charge in [0.1, 0.15) is 29.1 Å². The molecule has 0 aliphatic carbocycles. The number of rotatable bonds is 2. The fraction of sp³-hybridized carbons (Fsp3) is 0.130. The van der Waals surface area contributed by atoms with Crippen molar-refractivity contribution >= 4 is 17.5 Å². The van der Waals surface area contributed by atoms with Gasteiger partial charge in [-0.1, -0.05) is 24.3 Å². The SMILES string of the molecule is CN1C/C(=C/c2ccc(F)cc2)c2nc(N)c(C#N)c(-c3ccc(F)cc3)c2C1. The van der Waals surface area contributed by atoms with Crippen molar-refractivity contribution in [1.82, 2.24) is 9.88 Å². The van der Waals surface area contributed by atoms with E-state index in [4.69, 9.17) is 5.73 Å². The summed E-state index contributed by atoms with van der Waals surface area (Å²) in [5.41, 5.74) is 11.1.